The summed E-state index contributed by atoms with van der Waals surface area (Å²) < 4.78 is 38.2. The topological polar surface area (TPSA) is 63.6 Å². The molecule has 4 nitrogen and oxygen atoms in total. The van der Waals surface area contributed by atoms with Crippen LogP contribution in [0.4, 0.5) is 29.0 Å². The number of hydrogen-bond donors (Lipinski definition) is 1. The van der Waals surface area contributed by atoms with E-state index in [2.05, 4.69) is 15.2 Å². The molecule has 1 aromatic carbocycles. The number of fused-ring (bicyclic) bond motifs is 1. The Morgan fingerprint density at radius 2 is 1.76 bits per heavy atom. The largest absolute Gasteiger partial charge is 0.416 e. The molecule has 0 amide bonds. The van der Waals surface area contributed by atoms with Crippen molar-refractivity contribution in [2.75, 3.05) is 5.73 Å². The summed E-state index contributed by atoms with van der Waals surface area (Å²) in [5.74, 6) is 0. The van der Waals surface area contributed by atoms with Crippen LogP contribution in [-0.4, -0.2) is 4.98 Å². The first-order chi connectivity index (χ1) is 9.91. The van der Waals surface area contributed by atoms with Crippen molar-refractivity contribution in [3.63, 3.8) is 0 Å². The highest BCUT2D eigenvalue weighted by molar-refractivity contribution is 7.30. The lowest BCUT2D eigenvalue weighted by Crippen LogP contribution is -2.03. The summed E-state index contributed by atoms with van der Waals surface area (Å²) in [5, 5.41) is 9.02. The van der Waals surface area contributed by atoms with Crippen molar-refractivity contribution < 1.29 is 13.2 Å². The Kier molecular flexibility index (Phi) is 3.38. The van der Waals surface area contributed by atoms with Gasteiger partial charge in [-0.05, 0) is 30.3 Å². The fourth-order valence-corrected chi connectivity index (χ4v) is 3.42. The summed E-state index contributed by atoms with van der Waals surface area (Å²) in [7, 11) is 0. The number of hydrogen-bond acceptors (Lipinski definition) is 6. The maximum atomic E-state index is 12.4. The molecule has 0 saturated carbocycles. The summed E-state index contributed by atoms with van der Waals surface area (Å²) in [6.07, 6.45) is -4.35. The number of thiophene rings is 1. The van der Waals surface area contributed by atoms with Crippen LogP contribution in [0.25, 0.3) is 9.53 Å². The minimum Gasteiger partial charge on any atom is -0.375 e. The van der Waals surface area contributed by atoms with E-state index in [1.54, 1.807) is 6.07 Å². The van der Waals surface area contributed by atoms with Gasteiger partial charge in [0.1, 0.15) is 9.83 Å². The molecule has 2 N–H and O–H groups in total. The van der Waals surface area contributed by atoms with E-state index in [1.807, 2.05) is 0 Å². The highest BCUT2D eigenvalue weighted by Crippen LogP contribution is 2.37. The van der Waals surface area contributed by atoms with Gasteiger partial charge in [0.05, 0.1) is 16.0 Å². The molecule has 0 saturated heterocycles. The molecule has 3 rings (SSSR count). The van der Waals surface area contributed by atoms with Crippen LogP contribution in [0.2, 0.25) is 0 Å². The number of benzene rings is 1. The van der Waals surface area contributed by atoms with Gasteiger partial charge in [0.2, 0.25) is 0 Å². The molecule has 0 fully saturated rings. The average Bonchev–Trinajstić information content (AvgIpc) is 2.92. The van der Waals surface area contributed by atoms with Crippen LogP contribution in [0.5, 0.6) is 0 Å². The second-order valence-electron chi connectivity index (χ2n) is 4.05. The van der Waals surface area contributed by atoms with Crippen molar-refractivity contribution in [2.24, 2.45) is 10.2 Å². The van der Waals surface area contributed by atoms with Crippen molar-refractivity contribution in [2.45, 2.75) is 6.18 Å². The van der Waals surface area contributed by atoms with Crippen LogP contribution in [0.15, 0.2) is 40.6 Å². The number of nitrogen functional groups attached to an aromatic ring is 1. The molecule has 0 aliphatic carbocycles. The number of rotatable bonds is 2. The van der Waals surface area contributed by atoms with Gasteiger partial charge in [-0.1, -0.05) is 22.7 Å². The Bertz CT molecular complexity index is 771. The molecule has 9 heteroatoms. The van der Waals surface area contributed by atoms with Crippen molar-refractivity contribution >= 4 is 48.0 Å². The number of aromatic nitrogens is 1. The smallest absolute Gasteiger partial charge is 0.375 e. The predicted octanol–water partition coefficient (Wildman–Crippen LogP) is 5.37. The Balaban J connectivity index is 1.80. The standard InChI is InChI=1S/C12H7F3N4S2/c13-12(14,15)6-1-3-7(4-2-6)18-19-9-5-8-10(21-9)17-11(16)20-8/h1-5H,(H2,16,17). The van der Waals surface area contributed by atoms with Crippen LogP contribution < -0.4 is 5.73 Å². The molecule has 0 aliphatic rings. The fraction of sp³-hybridized carbons (Fsp3) is 0.0833. The first-order valence-corrected chi connectivity index (χ1v) is 7.30. The second kappa shape index (κ2) is 5.08. The zero-order valence-electron chi connectivity index (χ0n) is 10.3. The normalized spacial score (nSPS) is 12.5. The first kappa shape index (κ1) is 14.0. The van der Waals surface area contributed by atoms with Gasteiger partial charge >= 0.3 is 6.18 Å². The molecule has 0 unspecified atom stereocenters. The summed E-state index contributed by atoms with van der Waals surface area (Å²) in [4.78, 5) is 4.89. The lowest BCUT2D eigenvalue weighted by Gasteiger charge is -2.05. The Hall–Kier alpha value is -2.00. The van der Waals surface area contributed by atoms with E-state index in [1.165, 1.54) is 34.8 Å². The minimum atomic E-state index is -4.35. The quantitative estimate of drug-likeness (QED) is 0.642. The lowest BCUT2D eigenvalue weighted by atomic mass is 10.2. The number of nitrogens with two attached hydrogens (primary N) is 1. The second-order valence-corrected chi connectivity index (χ2v) is 6.12. The molecule has 3 aromatic rings. The highest BCUT2D eigenvalue weighted by atomic mass is 32.1. The fourth-order valence-electron chi connectivity index (χ4n) is 1.61. The van der Waals surface area contributed by atoms with Crippen LogP contribution >= 0.6 is 22.7 Å². The molecule has 108 valence electrons. The summed E-state index contributed by atoms with van der Waals surface area (Å²) in [5.41, 5.74) is 5.21. The van der Waals surface area contributed by atoms with Gasteiger partial charge in [-0.15, -0.1) is 10.2 Å². The molecule has 21 heavy (non-hydrogen) atoms. The van der Waals surface area contributed by atoms with Crippen LogP contribution in [0.1, 0.15) is 5.56 Å². The monoisotopic (exact) mass is 328 g/mol. The maximum Gasteiger partial charge on any atom is 0.416 e. The van der Waals surface area contributed by atoms with Gasteiger partial charge in [-0.2, -0.15) is 13.2 Å². The Morgan fingerprint density at radius 3 is 2.38 bits per heavy atom. The Morgan fingerprint density at radius 1 is 1.05 bits per heavy atom. The number of nitrogens with zero attached hydrogens (tertiary/aromatic N) is 3. The maximum absolute atomic E-state index is 12.4. The van der Waals surface area contributed by atoms with E-state index < -0.39 is 11.7 Å². The van der Waals surface area contributed by atoms with E-state index in [0.29, 0.717) is 15.8 Å². The van der Waals surface area contributed by atoms with Gasteiger partial charge in [-0.3, -0.25) is 0 Å². The van der Waals surface area contributed by atoms with E-state index in [-0.39, 0.29) is 0 Å². The molecule has 0 aliphatic heterocycles. The number of azo groups is 1. The van der Waals surface area contributed by atoms with Gasteiger partial charge in [0.25, 0.3) is 0 Å². The van der Waals surface area contributed by atoms with Crippen LogP contribution in [0, 0.1) is 0 Å². The summed E-state index contributed by atoms with van der Waals surface area (Å²) in [6.45, 7) is 0. The van der Waals surface area contributed by atoms with Crippen LogP contribution in [0.3, 0.4) is 0 Å². The van der Waals surface area contributed by atoms with E-state index in [0.717, 1.165) is 21.7 Å². The van der Waals surface area contributed by atoms with Gasteiger partial charge < -0.3 is 5.73 Å². The van der Waals surface area contributed by atoms with Gasteiger partial charge in [0.15, 0.2) is 5.13 Å². The van der Waals surface area contributed by atoms with Gasteiger partial charge in [-0.25, -0.2) is 4.98 Å². The average molecular weight is 328 g/mol. The van der Waals surface area contributed by atoms with E-state index in [4.69, 9.17) is 5.73 Å². The van der Waals surface area contributed by atoms with Crippen molar-refractivity contribution in [1.29, 1.82) is 0 Å². The third-order valence-electron chi connectivity index (χ3n) is 2.55. The summed E-state index contributed by atoms with van der Waals surface area (Å²) in [6, 6.07) is 6.30. The predicted molar refractivity (Wildman–Crippen MR) is 77.5 cm³/mol. The van der Waals surface area contributed by atoms with E-state index >= 15 is 0 Å². The molecule has 0 bridgehead atoms. The first-order valence-electron chi connectivity index (χ1n) is 5.67. The number of thiazole rings is 1. The molecule has 0 atom stereocenters. The molecule has 0 spiro atoms. The van der Waals surface area contributed by atoms with Crippen LogP contribution in [-0.2, 0) is 6.18 Å². The molecular formula is C12H7F3N4S2. The molecular weight excluding hydrogens is 321 g/mol. The van der Waals surface area contributed by atoms with Crippen molar-refractivity contribution in [3.8, 4) is 0 Å². The molecule has 2 aromatic heterocycles. The number of anilines is 1. The highest BCUT2D eigenvalue weighted by Gasteiger charge is 2.29. The third-order valence-corrected chi connectivity index (χ3v) is 4.43. The van der Waals surface area contributed by atoms with Gasteiger partial charge in [0, 0.05) is 0 Å². The molecule has 0 radical (unpaired) electrons. The Labute approximate surface area is 124 Å². The zero-order valence-corrected chi connectivity index (χ0v) is 11.9. The van der Waals surface area contributed by atoms with Crippen molar-refractivity contribution in [1.82, 2.24) is 4.98 Å². The SMILES string of the molecule is Nc1nc2sc(N=Nc3ccc(C(F)(F)F)cc3)cc2s1. The lowest BCUT2D eigenvalue weighted by molar-refractivity contribution is -0.137. The summed E-state index contributed by atoms with van der Waals surface area (Å²) >= 11 is 2.67. The number of alkyl halides is 3. The third kappa shape index (κ3) is 3.03. The van der Waals surface area contributed by atoms with Crippen molar-refractivity contribution in [3.05, 3.63) is 35.9 Å². The zero-order chi connectivity index (χ0) is 15.0. The minimum absolute atomic E-state index is 0.354. The molecule has 2 heterocycles. The number of halogens is 3. The van der Waals surface area contributed by atoms with E-state index in [9.17, 15) is 13.2 Å².